The molecule has 104 valence electrons. The van der Waals surface area contributed by atoms with Gasteiger partial charge in [-0.05, 0) is 12.1 Å². The average molecular weight is 278 g/mol. The van der Waals surface area contributed by atoms with E-state index in [-0.39, 0.29) is 11.2 Å². The number of pyridine rings is 1. The minimum atomic E-state index is -0.971. The molecule has 0 aliphatic heterocycles. The molecule has 2 heterocycles. The van der Waals surface area contributed by atoms with Crippen LogP contribution in [0.15, 0.2) is 24.4 Å². The number of aromatic nitrogens is 1. The standard InChI is InChI=1S/C12H10N2O6/c1-19-11(15)8-9(14(17)18)7-5-3-4-6-13(7)10(8)12(16)20-2/h3-6H,1-2H3. The first-order valence-corrected chi connectivity index (χ1v) is 5.47. The molecule has 2 aromatic heterocycles. The van der Waals surface area contributed by atoms with E-state index in [2.05, 4.69) is 9.47 Å². The molecular weight excluding hydrogens is 268 g/mol. The van der Waals surface area contributed by atoms with E-state index in [9.17, 15) is 19.7 Å². The van der Waals surface area contributed by atoms with E-state index >= 15 is 0 Å². The Hall–Kier alpha value is -2.90. The number of nitro groups is 1. The molecule has 0 aliphatic rings. The Bertz CT molecular complexity index is 718. The van der Waals surface area contributed by atoms with Crippen LogP contribution in [-0.2, 0) is 9.47 Å². The number of hydrogen-bond donors (Lipinski definition) is 0. The second-order valence-electron chi connectivity index (χ2n) is 3.77. The van der Waals surface area contributed by atoms with Crippen LogP contribution < -0.4 is 0 Å². The summed E-state index contributed by atoms with van der Waals surface area (Å²) in [5, 5.41) is 11.2. The van der Waals surface area contributed by atoms with Gasteiger partial charge in [0.15, 0.2) is 11.3 Å². The number of rotatable bonds is 3. The summed E-state index contributed by atoms with van der Waals surface area (Å²) in [6.07, 6.45) is 1.43. The van der Waals surface area contributed by atoms with E-state index in [4.69, 9.17) is 0 Å². The van der Waals surface area contributed by atoms with Gasteiger partial charge >= 0.3 is 17.6 Å². The zero-order chi connectivity index (χ0) is 14.9. The Morgan fingerprint density at radius 1 is 1.20 bits per heavy atom. The summed E-state index contributed by atoms with van der Waals surface area (Å²) in [6, 6.07) is 4.56. The highest BCUT2D eigenvalue weighted by atomic mass is 16.6. The summed E-state index contributed by atoms with van der Waals surface area (Å²) < 4.78 is 10.3. The third-order valence-corrected chi connectivity index (χ3v) is 2.77. The topological polar surface area (TPSA) is 100 Å². The normalized spacial score (nSPS) is 10.3. The van der Waals surface area contributed by atoms with E-state index in [1.54, 1.807) is 12.1 Å². The fourth-order valence-corrected chi connectivity index (χ4v) is 1.97. The summed E-state index contributed by atoms with van der Waals surface area (Å²) in [5.41, 5.74) is -1.03. The van der Waals surface area contributed by atoms with Crippen molar-refractivity contribution in [3.8, 4) is 0 Å². The van der Waals surface area contributed by atoms with Crippen LogP contribution in [0.3, 0.4) is 0 Å². The highest BCUT2D eigenvalue weighted by Gasteiger charge is 2.35. The van der Waals surface area contributed by atoms with E-state index in [0.717, 1.165) is 14.2 Å². The number of fused-ring (bicyclic) bond motifs is 1. The molecule has 0 aliphatic carbocycles. The minimum Gasteiger partial charge on any atom is -0.465 e. The summed E-state index contributed by atoms with van der Waals surface area (Å²) in [4.78, 5) is 34.1. The van der Waals surface area contributed by atoms with Crippen molar-refractivity contribution in [1.82, 2.24) is 4.40 Å². The van der Waals surface area contributed by atoms with Crippen LogP contribution in [-0.4, -0.2) is 35.5 Å². The van der Waals surface area contributed by atoms with E-state index in [1.807, 2.05) is 0 Å². The van der Waals surface area contributed by atoms with Crippen molar-refractivity contribution in [3.05, 3.63) is 45.8 Å². The maximum atomic E-state index is 11.8. The third-order valence-electron chi connectivity index (χ3n) is 2.77. The molecule has 2 rings (SSSR count). The van der Waals surface area contributed by atoms with Gasteiger partial charge in [0.25, 0.3) is 0 Å². The van der Waals surface area contributed by atoms with Gasteiger partial charge in [0.05, 0.1) is 19.1 Å². The lowest BCUT2D eigenvalue weighted by atomic mass is 10.2. The van der Waals surface area contributed by atoms with Gasteiger partial charge in [-0.15, -0.1) is 0 Å². The zero-order valence-corrected chi connectivity index (χ0v) is 10.7. The molecule has 0 saturated heterocycles. The van der Waals surface area contributed by atoms with Crippen molar-refractivity contribution < 1.29 is 24.0 Å². The van der Waals surface area contributed by atoms with Crippen molar-refractivity contribution in [3.63, 3.8) is 0 Å². The Morgan fingerprint density at radius 3 is 2.40 bits per heavy atom. The number of esters is 2. The van der Waals surface area contributed by atoms with Crippen LogP contribution in [0.2, 0.25) is 0 Å². The van der Waals surface area contributed by atoms with Crippen molar-refractivity contribution >= 4 is 23.1 Å². The first-order chi connectivity index (χ1) is 9.52. The van der Waals surface area contributed by atoms with Crippen LogP contribution in [0.1, 0.15) is 20.8 Å². The number of carbonyl (C=O) groups is 2. The lowest BCUT2D eigenvalue weighted by Gasteiger charge is -2.02. The van der Waals surface area contributed by atoms with Gasteiger partial charge in [0, 0.05) is 6.20 Å². The van der Waals surface area contributed by atoms with Gasteiger partial charge in [-0.1, -0.05) is 6.07 Å². The fourth-order valence-electron chi connectivity index (χ4n) is 1.97. The van der Waals surface area contributed by atoms with Gasteiger partial charge in [-0.2, -0.15) is 0 Å². The molecule has 8 nitrogen and oxygen atoms in total. The van der Waals surface area contributed by atoms with Crippen molar-refractivity contribution in [2.45, 2.75) is 0 Å². The Kier molecular flexibility index (Phi) is 3.38. The van der Waals surface area contributed by atoms with Crippen LogP contribution in [0.25, 0.3) is 5.52 Å². The predicted molar refractivity (Wildman–Crippen MR) is 66.7 cm³/mol. The summed E-state index contributed by atoms with van der Waals surface area (Å²) >= 11 is 0. The van der Waals surface area contributed by atoms with E-state index < -0.39 is 28.1 Å². The molecular formula is C12H10N2O6. The molecule has 0 spiro atoms. The van der Waals surface area contributed by atoms with E-state index in [0.29, 0.717) is 0 Å². The Balaban J connectivity index is 2.97. The molecule has 0 N–H and O–H groups in total. The Labute approximate surface area is 112 Å². The molecule has 0 amide bonds. The lowest BCUT2D eigenvalue weighted by Crippen LogP contribution is -2.13. The predicted octanol–water partition coefficient (Wildman–Crippen LogP) is 1.42. The van der Waals surface area contributed by atoms with Gasteiger partial charge in [-0.25, -0.2) is 9.59 Å². The summed E-state index contributed by atoms with van der Waals surface area (Å²) in [5.74, 6) is -1.83. The molecule has 0 atom stereocenters. The van der Waals surface area contributed by atoms with Crippen molar-refractivity contribution in [1.29, 1.82) is 0 Å². The number of ether oxygens (including phenoxy) is 2. The van der Waals surface area contributed by atoms with Gasteiger partial charge < -0.3 is 13.9 Å². The second-order valence-corrected chi connectivity index (χ2v) is 3.77. The van der Waals surface area contributed by atoms with Gasteiger partial charge in [0.2, 0.25) is 0 Å². The second kappa shape index (κ2) is 5.00. The Morgan fingerprint density at radius 2 is 1.85 bits per heavy atom. The van der Waals surface area contributed by atoms with Crippen molar-refractivity contribution in [2.75, 3.05) is 14.2 Å². The highest BCUT2D eigenvalue weighted by molar-refractivity contribution is 6.08. The first kappa shape index (κ1) is 13.5. The number of hydrogen-bond acceptors (Lipinski definition) is 6. The average Bonchev–Trinajstić information content (AvgIpc) is 2.80. The van der Waals surface area contributed by atoms with Crippen LogP contribution in [0.4, 0.5) is 5.69 Å². The molecule has 2 aromatic rings. The molecule has 0 fully saturated rings. The monoisotopic (exact) mass is 278 g/mol. The quantitative estimate of drug-likeness (QED) is 0.478. The van der Waals surface area contributed by atoms with Crippen molar-refractivity contribution in [2.24, 2.45) is 0 Å². The van der Waals surface area contributed by atoms with Crippen LogP contribution >= 0.6 is 0 Å². The summed E-state index contributed by atoms with van der Waals surface area (Å²) in [7, 11) is 2.20. The zero-order valence-electron chi connectivity index (χ0n) is 10.7. The molecule has 0 radical (unpaired) electrons. The maximum absolute atomic E-state index is 11.8. The maximum Gasteiger partial charge on any atom is 0.356 e. The number of methoxy groups -OCH3 is 2. The molecule has 0 aromatic carbocycles. The smallest absolute Gasteiger partial charge is 0.356 e. The number of carbonyl (C=O) groups excluding carboxylic acids is 2. The van der Waals surface area contributed by atoms with E-state index in [1.165, 1.54) is 16.7 Å². The molecule has 20 heavy (non-hydrogen) atoms. The molecule has 0 saturated carbocycles. The third kappa shape index (κ3) is 1.87. The lowest BCUT2D eigenvalue weighted by molar-refractivity contribution is -0.383. The first-order valence-electron chi connectivity index (χ1n) is 5.47. The minimum absolute atomic E-state index is 0.110. The van der Waals surface area contributed by atoms with Gasteiger partial charge in [0.1, 0.15) is 5.52 Å². The molecule has 8 heteroatoms. The number of nitrogens with zero attached hydrogens (tertiary/aromatic N) is 2. The van der Waals surface area contributed by atoms with Crippen LogP contribution in [0.5, 0.6) is 0 Å². The summed E-state index contributed by atoms with van der Waals surface area (Å²) in [6.45, 7) is 0. The molecule has 0 bridgehead atoms. The van der Waals surface area contributed by atoms with Crippen LogP contribution in [0, 0.1) is 10.1 Å². The highest BCUT2D eigenvalue weighted by Crippen LogP contribution is 2.31. The fraction of sp³-hybridized carbons (Fsp3) is 0.167. The largest absolute Gasteiger partial charge is 0.465 e. The van der Waals surface area contributed by atoms with Gasteiger partial charge in [-0.3, -0.25) is 10.1 Å². The SMILES string of the molecule is COC(=O)c1c([N+](=O)[O-])c2ccccn2c1C(=O)OC. The molecule has 0 unspecified atom stereocenters.